The van der Waals surface area contributed by atoms with Crippen LogP contribution in [-0.4, -0.2) is 23.1 Å². The van der Waals surface area contributed by atoms with Gasteiger partial charge in [-0.2, -0.15) is 0 Å². The molecule has 0 aliphatic heterocycles. The highest BCUT2D eigenvalue weighted by Gasteiger charge is 2.10. The molecule has 4 nitrogen and oxygen atoms in total. The fourth-order valence-corrected chi connectivity index (χ4v) is 2.15. The van der Waals surface area contributed by atoms with E-state index in [-0.39, 0.29) is 10.8 Å². The first kappa shape index (κ1) is 12.5. The average molecular weight is 266 g/mol. The third-order valence-electron chi connectivity index (χ3n) is 2.40. The van der Waals surface area contributed by atoms with Crippen molar-refractivity contribution in [3.05, 3.63) is 46.2 Å². The minimum atomic E-state index is -1.02. The van der Waals surface area contributed by atoms with Crippen molar-refractivity contribution in [2.75, 3.05) is 11.9 Å². The molecule has 0 aliphatic carbocycles. The van der Waals surface area contributed by atoms with Gasteiger partial charge >= 0.3 is 5.97 Å². The second-order valence-electron chi connectivity index (χ2n) is 3.78. The van der Waals surface area contributed by atoms with Crippen molar-refractivity contribution >= 4 is 23.0 Å². The molecule has 0 aliphatic rings. The minimum absolute atomic E-state index is 0.0810. The summed E-state index contributed by atoms with van der Waals surface area (Å²) in [4.78, 5) is 16.6. The maximum atomic E-state index is 12.8. The molecule has 0 fully saturated rings. The molecule has 0 atom stereocenters. The van der Waals surface area contributed by atoms with Gasteiger partial charge < -0.3 is 10.0 Å². The first-order chi connectivity index (χ1) is 8.56. The van der Waals surface area contributed by atoms with Crippen molar-refractivity contribution < 1.29 is 14.3 Å². The maximum Gasteiger partial charge on any atom is 0.365 e. The molecule has 0 radical (unpaired) electrons. The number of hydrogen-bond acceptors (Lipinski definition) is 4. The van der Waals surface area contributed by atoms with E-state index >= 15 is 0 Å². The Morgan fingerprint density at radius 3 is 2.67 bits per heavy atom. The number of thiazole rings is 1. The van der Waals surface area contributed by atoms with Crippen molar-refractivity contribution in [1.29, 1.82) is 0 Å². The number of nitrogens with zero attached hydrogens (tertiary/aromatic N) is 2. The van der Waals surface area contributed by atoms with Crippen molar-refractivity contribution in [2.24, 2.45) is 0 Å². The van der Waals surface area contributed by atoms with Crippen LogP contribution in [-0.2, 0) is 6.54 Å². The predicted molar refractivity (Wildman–Crippen MR) is 67.6 cm³/mol. The molecule has 0 spiro atoms. The van der Waals surface area contributed by atoms with E-state index in [9.17, 15) is 9.18 Å². The lowest BCUT2D eigenvalue weighted by Crippen LogP contribution is -2.16. The molecular formula is C12H11FN2O2S. The summed E-state index contributed by atoms with van der Waals surface area (Å²) in [5, 5.41) is 10.6. The largest absolute Gasteiger partial charge is 0.476 e. The van der Waals surface area contributed by atoms with Crippen LogP contribution in [0.2, 0.25) is 0 Å². The van der Waals surface area contributed by atoms with Gasteiger partial charge in [-0.3, -0.25) is 0 Å². The predicted octanol–water partition coefficient (Wildman–Crippen LogP) is 2.62. The molecular weight excluding hydrogens is 255 g/mol. The van der Waals surface area contributed by atoms with E-state index in [4.69, 9.17) is 5.11 Å². The second kappa shape index (κ2) is 5.14. The van der Waals surface area contributed by atoms with E-state index in [0.29, 0.717) is 12.2 Å². The lowest BCUT2D eigenvalue weighted by Gasteiger charge is -2.17. The van der Waals surface area contributed by atoms with Crippen LogP contribution in [0.5, 0.6) is 0 Å². The van der Waals surface area contributed by atoms with Gasteiger partial charge in [0.15, 0.2) is 0 Å². The van der Waals surface area contributed by atoms with Crippen LogP contribution in [0, 0.1) is 5.82 Å². The quantitative estimate of drug-likeness (QED) is 0.924. The summed E-state index contributed by atoms with van der Waals surface area (Å²) in [5.41, 5.74) is 1.53. The first-order valence-corrected chi connectivity index (χ1v) is 6.08. The molecule has 6 heteroatoms. The van der Waals surface area contributed by atoms with Crippen LogP contribution < -0.4 is 4.90 Å². The van der Waals surface area contributed by atoms with E-state index in [2.05, 4.69) is 4.98 Å². The van der Waals surface area contributed by atoms with Crippen LogP contribution in [0.4, 0.5) is 10.1 Å². The Morgan fingerprint density at radius 1 is 1.44 bits per heavy atom. The highest BCUT2D eigenvalue weighted by atomic mass is 32.1. The zero-order chi connectivity index (χ0) is 13.1. The molecule has 0 amide bonds. The van der Waals surface area contributed by atoms with E-state index in [1.165, 1.54) is 12.1 Å². The van der Waals surface area contributed by atoms with Crippen molar-refractivity contribution in [1.82, 2.24) is 4.98 Å². The number of carboxylic acid groups (broad SMARTS) is 1. The Balaban J connectivity index is 2.08. The summed E-state index contributed by atoms with van der Waals surface area (Å²) < 4.78 is 12.8. The van der Waals surface area contributed by atoms with Crippen molar-refractivity contribution in [3.63, 3.8) is 0 Å². The van der Waals surface area contributed by atoms with Gasteiger partial charge in [0, 0.05) is 18.1 Å². The third kappa shape index (κ3) is 2.84. The maximum absolute atomic E-state index is 12.8. The topological polar surface area (TPSA) is 53.4 Å². The van der Waals surface area contributed by atoms with E-state index < -0.39 is 5.97 Å². The molecule has 1 N–H and O–H groups in total. The van der Waals surface area contributed by atoms with Gasteiger partial charge in [0.05, 0.1) is 12.2 Å². The lowest BCUT2D eigenvalue weighted by molar-refractivity contribution is 0.0696. The van der Waals surface area contributed by atoms with E-state index in [0.717, 1.165) is 17.0 Å². The standard InChI is InChI=1S/C12H11FN2O2S/c1-15(10-4-2-8(13)3-5-10)6-9-7-18-11(14-9)12(16)17/h2-5,7H,6H2,1H3,(H,16,17). The number of carboxylic acids is 1. The Kier molecular flexibility index (Phi) is 3.57. The Bertz CT molecular complexity index is 553. The minimum Gasteiger partial charge on any atom is -0.476 e. The molecule has 0 unspecified atom stereocenters. The normalized spacial score (nSPS) is 10.3. The number of rotatable bonds is 4. The molecule has 0 bridgehead atoms. The van der Waals surface area contributed by atoms with E-state index in [1.54, 1.807) is 17.5 Å². The fraction of sp³-hybridized carbons (Fsp3) is 0.167. The number of aromatic nitrogens is 1. The monoisotopic (exact) mass is 266 g/mol. The van der Waals surface area contributed by atoms with Gasteiger partial charge in [0.2, 0.25) is 5.01 Å². The Hall–Kier alpha value is -1.95. The first-order valence-electron chi connectivity index (χ1n) is 5.20. The molecule has 0 saturated heterocycles. The number of hydrogen-bond donors (Lipinski definition) is 1. The van der Waals surface area contributed by atoms with Gasteiger partial charge in [-0.15, -0.1) is 11.3 Å². The summed E-state index contributed by atoms with van der Waals surface area (Å²) in [7, 11) is 1.84. The molecule has 0 saturated carbocycles. The van der Waals surface area contributed by atoms with Crippen molar-refractivity contribution in [3.8, 4) is 0 Å². The highest BCUT2D eigenvalue weighted by Crippen LogP contribution is 2.17. The molecule has 94 valence electrons. The summed E-state index contributed by atoms with van der Waals surface area (Å²) in [6.45, 7) is 0.482. The average Bonchev–Trinajstić information content (AvgIpc) is 2.78. The lowest BCUT2D eigenvalue weighted by atomic mass is 10.3. The number of halogens is 1. The van der Waals surface area contributed by atoms with Crippen LogP contribution in [0.3, 0.4) is 0 Å². The van der Waals surface area contributed by atoms with Gasteiger partial charge in [0.1, 0.15) is 5.82 Å². The van der Waals surface area contributed by atoms with Gasteiger partial charge in [-0.05, 0) is 24.3 Å². The molecule has 18 heavy (non-hydrogen) atoms. The van der Waals surface area contributed by atoms with E-state index in [1.807, 2.05) is 11.9 Å². The summed E-state index contributed by atoms with van der Waals surface area (Å²) in [6, 6.07) is 6.10. The highest BCUT2D eigenvalue weighted by molar-refractivity contribution is 7.11. The van der Waals surface area contributed by atoms with Gasteiger partial charge in [-0.1, -0.05) is 0 Å². The van der Waals surface area contributed by atoms with Gasteiger partial charge in [-0.25, -0.2) is 14.2 Å². The Morgan fingerprint density at radius 2 is 2.11 bits per heavy atom. The van der Waals surface area contributed by atoms with Crippen molar-refractivity contribution in [2.45, 2.75) is 6.54 Å². The molecule has 2 rings (SSSR count). The number of benzene rings is 1. The smallest absolute Gasteiger partial charge is 0.365 e. The van der Waals surface area contributed by atoms with Crippen LogP contribution in [0.1, 0.15) is 15.5 Å². The number of carbonyl (C=O) groups is 1. The van der Waals surface area contributed by atoms with Gasteiger partial charge in [0.25, 0.3) is 0 Å². The molecule has 2 aromatic rings. The summed E-state index contributed by atoms with van der Waals surface area (Å²) in [6.07, 6.45) is 0. The molecule has 1 aromatic heterocycles. The molecule has 1 heterocycles. The SMILES string of the molecule is CN(Cc1csc(C(=O)O)n1)c1ccc(F)cc1. The van der Waals surface area contributed by atoms with Crippen LogP contribution in [0.15, 0.2) is 29.6 Å². The van der Waals surface area contributed by atoms with Crippen LogP contribution >= 0.6 is 11.3 Å². The molecule has 1 aromatic carbocycles. The zero-order valence-corrected chi connectivity index (χ0v) is 10.4. The number of anilines is 1. The zero-order valence-electron chi connectivity index (χ0n) is 9.63. The van der Waals surface area contributed by atoms with Crippen LogP contribution in [0.25, 0.3) is 0 Å². The number of aromatic carboxylic acids is 1. The second-order valence-corrected chi connectivity index (χ2v) is 4.64. The Labute approximate surface area is 107 Å². The fourth-order valence-electron chi connectivity index (χ4n) is 1.51. The summed E-state index contributed by atoms with van der Waals surface area (Å²) >= 11 is 1.10. The summed E-state index contributed by atoms with van der Waals surface area (Å²) in [5.74, 6) is -1.30. The third-order valence-corrected chi connectivity index (χ3v) is 3.28.